The third kappa shape index (κ3) is 9.42. The molecule has 4 atom stereocenters. The van der Waals surface area contributed by atoms with E-state index in [0.29, 0.717) is 18.9 Å². The van der Waals surface area contributed by atoms with Crippen molar-refractivity contribution in [2.75, 3.05) is 44.6 Å². The standard InChI is InChI=1S/C32H49N3O6S/c1-7-17-34(6)21-31-24(3)20-35(25(4)22-36)32(37)29-19-27(33-42(38,39)28-14-11-23(2)12-15-28)13-16-30(29)41-26(5)10-8-9-18-40-31/h11-16,19,24-26,31,33,36H,7-10,17-18,20-22H2,1-6H3/t24-,25+,26+,31-/m0/s1. The van der Waals surface area contributed by atoms with Crippen molar-refractivity contribution in [1.29, 1.82) is 0 Å². The molecule has 3 rings (SSSR count). The maximum Gasteiger partial charge on any atom is 0.261 e. The lowest BCUT2D eigenvalue weighted by Crippen LogP contribution is -2.47. The molecule has 1 aliphatic heterocycles. The largest absolute Gasteiger partial charge is 0.490 e. The van der Waals surface area contributed by atoms with Gasteiger partial charge in [0.05, 0.1) is 35.3 Å². The minimum atomic E-state index is -3.88. The molecule has 0 aromatic heterocycles. The molecule has 0 fully saturated rings. The summed E-state index contributed by atoms with van der Waals surface area (Å²) in [7, 11) is -1.80. The van der Waals surface area contributed by atoms with Crippen molar-refractivity contribution in [2.24, 2.45) is 5.92 Å². The van der Waals surface area contributed by atoms with Crippen molar-refractivity contribution in [3.05, 3.63) is 53.6 Å². The highest BCUT2D eigenvalue weighted by molar-refractivity contribution is 7.92. The minimum Gasteiger partial charge on any atom is -0.490 e. The normalized spacial score (nSPS) is 21.8. The lowest BCUT2D eigenvalue weighted by Gasteiger charge is -2.35. The molecular weight excluding hydrogens is 554 g/mol. The van der Waals surface area contributed by atoms with Crippen LogP contribution in [0, 0.1) is 12.8 Å². The SMILES string of the molecule is CCCN(C)C[C@@H]1OCCCC[C@@H](C)Oc2ccc(NS(=O)(=O)c3ccc(C)cc3)cc2C(=O)N([C@H](C)CO)C[C@@H]1C. The Kier molecular flexibility index (Phi) is 12.7. The number of nitrogens with one attached hydrogen (secondary N) is 1. The number of fused-ring (bicyclic) bond motifs is 1. The summed E-state index contributed by atoms with van der Waals surface area (Å²) in [6.45, 7) is 12.4. The van der Waals surface area contributed by atoms with Crippen LogP contribution >= 0.6 is 0 Å². The summed E-state index contributed by atoms with van der Waals surface area (Å²) in [5.41, 5.74) is 1.46. The number of benzene rings is 2. The predicted octanol–water partition coefficient (Wildman–Crippen LogP) is 4.93. The van der Waals surface area contributed by atoms with Crippen molar-refractivity contribution < 1.29 is 27.8 Å². The van der Waals surface area contributed by atoms with Gasteiger partial charge in [0.15, 0.2) is 0 Å². The number of hydrogen-bond donors (Lipinski definition) is 2. The maximum absolute atomic E-state index is 14.2. The van der Waals surface area contributed by atoms with Crippen LogP contribution < -0.4 is 9.46 Å². The van der Waals surface area contributed by atoms with Gasteiger partial charge in [0.25, 0.3) is 15.9 Å². The number of carbonyl (C=O) groups is 1. The smallest absolute Gasteiger partial charge is 0.261 e. The first-order valence-electron chi connectivity index (χ1n) is 15.1. The Morgan fingerprint density at radius 2 is 1.86 bits per heavy atom. The van der Waals surface area contributed by atoms with Gasteiger partial charge in [0.2, 0.25) is 0 Å². The van der Waals surface area contributed by atoms with Gasteiger partial charge < -0.3 is 24.4 Å². The average Bonchev–Trinajstić information content (AvgIpc) is 2.94. The van der Waals surface area contributed by atoms with E-state index >= 15 is 0 Å². The van der Waals surface area contributed by atoms with E-state index in [4.69, 9.17) is 9.47 Å². The van der Waals surface area contributed by atoms with E-state index in [1.54, 1.807) is 48.2 Å². The number of likely N-dealkylation sites (N-methyl/N-ethyl adjacent to an activating group) is 1. The van der Waals surface area contributed by atoms with Crippen molar-refractivity contribution in [3.63, 3.8) is 0 Å². The highest BCUT2D eigenvalue weighted by Crippen LogP contribution is 2.29. The highest BCUT2D eigenvalue weighted by atomic mass is 32.2. The zero-order valence-electron chi connectivity index (χ0n) is 26.0. The predicted molar refractivity (Wildman–Crippen MR) is 167 cm³/mol. The fourth-order valence-electron chi connectivity index (χ4n) is 5.16. The summed E-state index contributed by atoms with van der Waals surface area (Å²) in [4.78, 5) is 18.3. The van der Waals surface area contributed by atoms with Gasteiger partial charge >= 0.3 is 0 Å². The van der Waals surface area contributed by atoms with Gasteiger partial charge in [0, 0.05) is 31.3 Å². The number of ether oxygens (including phenoxy) is 2. The van der Waals surface area contributed by atoms with Crippen LogP contribution in [0.3, 0.4) is 0 Å². The van der Waals surface area contributed by atoms with Crippen LogP contribution in [0.5, 0.6) is 5.75 Å². The van der Waals surface area contributed by atoms with Crippen LogP contribution in [0.25, 0.3) is 0 Å². The molecule has 2 aromatic carbocycles. The van der Waals surface area contributed by atoms with Crippen molar-refractivity contribution >= 4 is 21.6 Å². The van der Waals surface area contributed by atoms with Gasteiger partial charge in [0.1, 0.15) is 5.75 Å². The van der Waals surface area contributed by atoms with E-state index < -0.39 is 16.1 Å². The van der Waals surface area contributed by atoms with Gasteiger partial charge in [-0.05, 0) is 90.4 Å². The Balaban J connectivity index is 2.00. The lowest BCUT2D eigenvalue weighted by molar-refractivity contribution is -0.0167. The average molecular weight is 604 g/mol. The zero-order chi connectivity index (χ0) is 30.9. The first-order chi connectivity index (χ1) is 19.9. The molecule has 2 aromatic rings. The molecule has 1 heterocycles. The number of hydrogen-bond acceptors (Lipinski definition) is 7. The molecule has 10 heteroatoms. The number of aliphatic hydroxyl groups excluding tert-OH is 1. The topological polar surface area (TPSA) is 108 Å². The van der Waals surface area contributed by atoms with Crippen LogP contribution in [0.1, 0.15) is 69.3 Å². The fourth-order valence-corrected chi connectivity index (χ4v) is 6.21. The molecular formula is C32H49N3O6S. The third-order valence-electron chi connectivity index (χ3n) is 7.73. The molecule has 2 N–H and O–H groups in total. The molecule has 1 amide bonds. The molecule has 234 valence electrons. The Hall–Kier alpha value is -2.66. The summed E-state index contributed by atoms with van der Waals surface area (Å²) in [6, 6.07) is 10.9. The first-order valence-corrected chi connectivity index (χ1v) is 16.6. The number of anilines is 1. The first kappa shape index (κ1) is 33.8. The van der Waals surface area contributed by atoms with E-state index in [1.165, 1.54) is 6.07 Å². The van der Waals surface area contributed by atoms with Gasteiger partial charge in [-0.1, -0.05) is 31.5 Å². The van der Waals surface area contributed by atoms with E-state index in [2.05, 4.69) is 30.5 Å². The fraction of sp³-hybridized carbons (Fsp3) is 0.594. The van der Waals surface area contributed by atoms with E-state index in [0.717, 1.165) is 44.3 Å². The summed E-state index contributed by atoms with van der Waals surface area (Å²) >= 11 is 0. The second kappa shape index (κ2) is 15.7. The molecule has 0 bridgehead atoms. The number of nitrogens with zero attached hydrogens (tertiary/aromatic N) is 2. The summed E-state index contributed by atoms with van der Waals surface area (Å²) in [5, 5.41) is 10.1. The van der Waals surface area contributed by atoms with E-state index in [9.17, 15) is 18.3 Å². The van der Waals surface area contributed by atoms with E-state index in [1.807, 2.05) is 13.8 Å². The molecule has 0 aliphatic carbocycles. The Labute approximate surface area is 252 Å². The van der Waals surface area contributed by atoms with Crippen LogP contribution in [0.2, 0.25) is 0 Å². The van der Waals surface area contributed by atoms with Crippen LogP contribution in [-0.2, 0) is 14.8 Å². The number of aryl methyl sites for hydroxylation is 1. The van der Waals surface area contributed by atoms with Crippen molar-refractivity contribution in [1.82, 2.24) is 9.80 Å². The van der Waals surface area contributed by atoms with E-state index in [-0.39, 0.29) is 46.8 Å². The number of carbonyl (C=O) groups excluding carboxylic acids is 1. The molecule has 1 aliphatic rings. The summed E-state index contributed by atoms with van der Waals surface area (Å²) in [6.07, 6.45) is 3.38. The monoisotopic (exact) mass is 603 g/mol. The Morgan fingerprint density at radius 1 is 1.14 bits per heavy atom. The van der Waals surface area contributed by atoms with Gasteiger partial charge in [-0.2, -0.15) is 0 Å². The lowest BCUT2D eigenvalue weighted by atomic mass is 10.0. The quantitative estimate of drug-likeness (QED) is 0.418. The molecule has 9 nitrogen and oxygen atoms in total. The van der Waals surface area contributed by atoms with Gasteiger partial charge in [-0.15, -0.1) is 0 Å². The number of sulfonamides is 1. The van der Waals surface area contributed by atoms with Crippen LogP contribution in [0.15, 0.2) is 47.4 Å². The van der Waals surface area contributed by atoms with Crippen LogP contribution in [-0.4, -0.2) is 87.4 Å². The Bertz CT molecular complexity index is 1250. The van der Waals surface area contributed by atoms with Crippen molar-refractivity contribution in [3.8, 4) is 5.75 Å². The minimum absolute atomic E-state index is 0.0169. The third-order valence-corrected chi connectivity index (χ3v) is 9.13. The second-order valence-electron chi connectivity index (χ2n) is 11.7. The van der Waals surface area contributed by atoms with Crippen molar-refractivity contribution in [2.45, 2.75) is 83.4 Å². The van der Waals surface area contributed by atoms with Gasteiger partial charge in [-0.25, -0.2) is 8.42 Å². The highest BCUT2D eigenvalue weighted by Gasteiger charge is 2.30. The summed E-state index contributed by atoms with van der Waals surface area (Å²) in [5.74, 6) is 0.0394. The molecule has 0 radical (unpaired) electrons. The molecule has 0 unspecified atom stereocenters. The molecule has 0 saturated heterocycles. The van der Waals surface area contributed by atoms with Crippen LogP contribution in [0.4, 0.5) is 5.69 Å². The Morgan fingerprint density at radius 3 is 2.52 bits per heavy atom. The maximum atomic E-state index is 14.2. The number of amides is 1. The number of rotatable bonds is 9. The molecule has 42 heavy (non-hydrogen) atoms. The zero-order valence-corrected chi connectivity index (χ0v) is 26.8. The molecule has 0 saturated carbocycles. The second-order valence-corrected chi connectivity index (χ2v) is 13.4. The molecule has 0 spiro atoms. The van der Waals surface area contributed by atoms with Gasteiger partial charge in [-0.3, -0.25) is 9.52 Å². The number of aliphatic hydroxyl groups is 1. The summed E-state index contributed by atoms with van der Waals surface area (Å²) < 4.78 is 41.5.